The van der Waals surface area contributed by atoms with Gasteiger partial charge in [0.25, 0.3) is 0 Å². The highest BCUT2D eigenvalue weighted by molar-refractivity contribution is 8.18. The molecule has 1 aromatic carbocycles. The number of benzene rings is 1. The number of nitrogens with zero attached hydrogens (tertiary/aromatic N) is 1. The van der Waals surface area contributed by atoms with Crippen molar-refractivity contribution < 1.29 is 24.2 Å². The molecule has 2 aliphatic heterocycles. The summed E-state index contributed by atoms with van der Waals surface area (Å²) < 4.78 is 4.98. The van der Waals surface area contributed by atoms with Crippen LogP contribution in [0, 0.1) is 0 Å². The number of aliphatic carboxylic acids is 1. The Morgan fingerprint density at radius 2 is 1.94 bits per heavy atom. The largest absolute Gasteiger partial charge is 0.480 e. The van der Waals surface area contributed by atoms with Gasteiger partial charge in [0.15, 0.2) is 0 Å². The van der Waals surface area contributed by atoms with Crippen LogP contribution in [0.2, 0.25) is 0 Å². The van der Waals surface area contributed by atoms with Gasteiger partial charge in [0.05, 0.1) is 16.7 Å². The van der Waals surface area contributed by atoms with Gasteiger partial charge in [0.2, 0.25) is 5.91 Å². The van der Waals surface area contributed by atoms with E-state index in [2.05, 4.69) is 5.32 Å². The van der Waals surface area contributed by atoms with Gasteiger partial charge in [-0.15, -0.1) is 23.5 Å². The number of amides is 1. The summed E-state index contributed by atoms with van der Waals surface area (Å²) in [5.74, 6) is 0.323. The van der Waals surface area contributed by atoms with Crippen LogP contribution in [0.5, 0.6) is 0 Å². The Hall–Kier alpha value is -1.71. The van der Waals surface area contributed by atoms with E-state index in [0.717, 1.165) is 23.5 Å². The number of rotatable bonds is 9. The van der Waals surface area contributed by atoms with Crippen LogP contribution < -0.4 is 5.32 Å². The zero-order valence-electron chi connectivity index (χ0n) is 18.6. The minimum Gasteiger partial charge on any atom is -0.480 e. The van der Waals surface area contributed by atoms with Gasteiger partial charge in [0, 0.05) is 13.0 Å². The van der Waals surface area contributed by atoms with Crippen LogP contribution >= 0.6 is 23.5 Å². The Balaban J connectivity index is 1.68. The van der Waals surface area contributed by atoms with Crippen molar-refractivity contribution in [1.82, 2.24) is 10.2 Å². The molecule has 2 fully saturated rings. The first-order chi connectivity index (χ1) is 15.3. The molecule has 7 nitrogen and oxygen atoms in total. The number of esters is 1. The number of hydrogen-bond acceptors (Lipinski definition) is 7. The zero-order valence-corrected chi connectivity index (χ0v) is 20.3. The maximum Gasteiger partial charge on any atom is 0.326 e. The number of carboxylic acids is 1. The van der Waals surface area contributed by atoms with Gasteiger partial charge in [0.1, 0.15) is 12.1 Å². The van der Waals surface area contributed by atoms with E-state index in [1.807, 2.05) is 30.3 Å². The molecule has 2 aliphatic rings. The second-order valence-corrected chi connectivity index (χ2v) is 11.4. The van der Waals surface area contributed by atoms with E-state index in [0.29, 0.717) is 25.8 Å². The van der Waals surface area contributed by atoms with Gasteiger partial charge < -0.3 is 14.7 Å². The highest BCUT2D eigenvalue weighted by Gasteiger charge is 2.51. The third kappa shape index (κ3) is 6.20. The maximum atomic E-state index is 13.3. The molecule has 3 rings (SSSR count). The molecule has 1 spiro atoms. The number of carbonyl (C=O) groups is 3. The monoisotopic (exact) mass is 480 g/mol. The Morgan fingerprint density at radius 3 is 2.56 bits per heavy atom. The summed E-state index contributed by atoms with van der Waals surface area (Å²) in [4.78, 5) is 39.3. The zero-order chi connectivity index (χ0) is 23.1. The third-order valence-corrected chi connectivity index (χ3v) is 9.17. The van der Waals surface area contributed by atoms with Crippen molar-refractivity contribution in [1.29, 1.82) is 0 Å². The molecule has 1 aromatic rings. The summed E-state index contributed by atoms with van der Waals surface area (Å²) in [6.45, 7) is 4.12. The summed E-state index contributed by atoms with van der Waals surface area (Å²) in [6, 6.07) is 7.65. The molecule has 9 heteroatoms. The van der Waals surface area contributed by atoms with Crippen molar-refractivity contribution in [2.75, 3.05) is 24.7 Å². The van der Waals surface area contributed by atoms with Crippen LogP contribution in [0.4, 0.5) is 0 Å². The fraction of sp³-hybridized carbons (Fsp3) is 0.609. The summed E-state index contributed by atoms with van der Waals surface area (Å²) in [7, 11) is 0. The molecule has 2 heterocycles. The second-order valence-electron chi connectivity index (χ2n) is 8.20. The van der Waals surface area contributed by atoms with Crippen LogP contribution in [0.3, 0.4) is 0 Å². The van der Waals surface area contributed by atoms with Crippen LogP contribution in [0.15, 0.2) is 30.3 Å². The van der Waals surface area contributed by atoms with Gasteiger partial charge in [-0.2, -0.15) is 0 Å². The average Bonchev–Trinajstić information content (AvgIpc) is 3.16. The number of carbonyl (C=O) groups excluding carboxylic acids is 2. The lowest BCUT2D eigenvalue weighted by atomic mass is 10.0. The highest BCUT2D eigenvalue weighted by atomic mass is 32.2. The minimum absolute atomic E-state index is 0.245. The third-order valence-electron chi connectivity index (χ3n) is 5.84. The molecule has 3 atom stereocenters. The van der Waals surface area contributed by atoms with E-state index in [1.54, 1.807) is 37.4 Å². The van der Waals surface area contributed by atoms with E-state index in [9.17, 15) is 19.5 Å². The summed E-state index contributed by atoms with van der Waals surface area (Å²) in [5.41, 5.74) is 1.10. The molecule has 0 radical (unpaired) electrons. The van der Waals surface area contributed by atoms with Gasteiger partial charge in [-0.25, -0.2) is 4.79 Å². The van der Waals surface area contributed by atoms with E-state index in [1.165, 1.54) is 4.90 Å². The quantitative estimate of drug-likeness (QED) is 0.521. The fourth-order valence-electron chi connectivity index (χ4n) is 4.21. The van der Waals surface area contributed by atoms with Crippen LogP contribution in [-0.4, -0.2) is 74.7 Å². The lowest BCUT2D eigenvalue weighted by Gasteiger charge is -2.32. The van der Waals surface area contributed by atoms with Crippen LogP contribution in [0.1, 0.15) is 38.7 Å². The fourth-order valence-corrected chi connectivity index (χ4v) is 7.56. The SMILES string of the molecule is CCOC(=O)C(CCc1ccccc1)N[C@@H](C)C(=O)N1CC2(CC1C(=O)O)SCCCS2. The molecule has 0 bridgehead atoms. The second kappa shape index (κ2) is 11.4. The van der Waals surface area contributed by atoms with Crippen LogP contribution in [-0.2, 0) is 25.5 Å². The van der Waals surface area contributed by atoms with Gasteiger partial charge >= 0.3 is 11.9 Å². The minimum atomic E-state index is -0.972. The molecule has 2 N–H and O–H groups in total. The standard InChI is InChI=1S/C23H32N2O5S2/c1-3-30-22(29)18(11-10-17-8-5-4-6-9-17)24-16(2)20(26)25-15-23(14-19(25)21(27)28)31-12-7-13-32-23/h4-6,8-9,16,18-19,24H,3,7,10-15H2,1-2H3,(H,27,28)/t16-,18?,19?/m0/s1. The number of aryl methyl sites for hydroxylation is 1. The molecule has 176 valence electrons. The lowest BCUT2D eigenvalue weighted by molar-refractivity contribution is -0.150. The topological polar surface area (TPSA) is 95.9 Å². The Morgan fingerprint density at radius 1 is 1.25 bits per heavy atom. The van der Waals surface area contributed by atoms with Gasteiger partial charge in [-0.3, -0.25) is 14.9 Å². The summed E-state index contributed by atoms with van der Waals surface area (Å²) in [6.07, 6.45) is 2.70. The molecular formula is C23H32N2O5S2. The van der Waals surface area contributed by atoms with Crippen molar-refractivity contribution in [3.8, 4) is 0 Å². The first kappa shape index (κ1) is 24.9. The molecule has 32 heavy (non-hydrogen) atoms. The molecule has 0 aromatic heterocycles. The van der Waals surface area contributed by atoms with Crippen molar-refractivity contribution in [2.24, 2.45) is 0 Å². The van der Waals surface area contributed by atoms with Crippen molar-refractivity contribution >= 4 is 41.4 Å². The Labute approximate surface area is 198 Å². The first-order valence-electron chi connectivity index (χ1n) is 11.1. The number of ether oxygens (including phenoxy) is 1. The Kier molecular flexibility index (Phi) is 8.90. The number of nitrogens with one attached hydrogen (secondary N) is 1. The first-order valence-corrected chi connectivity index (χ1v) is 13.1. The number of thioether (sulfide) groups is 2. The van der Waals surface area contributed by atoms with Crippen molar-refractivity contribution in [3.63, 3.8) is 0 Å². The van der Waals surface area contributed by atoms with Gasteiger partial charge in [-0.05, 0) is 50.2 Å². The summed E-state index contributed by atoms with van der Waals surface area (Å²) >= 11 is 3.54. The lowest BCUT2D eigenvalue weighted by Crippen LogP contribution is -2.53. The van der Waals surface area contributed by atoms with E-state index in [4.69, 9.17) is 4.74 Å². The molecular weight excluding hydrogens is 448 g/mol. The molecule has 2 unspecified atom stereocenters. The Bertz CT molecular complexity index is 801. The van der Waals surface area contributed by atoms with Crippen molar-refractivity contribution in [3.05, 3.63) is 35.9 Å². The smallest absolute Gasteiger partial charge is 0.326 e. The summed E-state index contributed by atoms with van der Waals surface area (Å²) in [5, 5.41) is 12.9. The molecule has 2 saturated heterocycles. The molecule has 1 amide bonds. The average molecular weight is 481 g/mol. The molecule has 0 aliphatic carbocycles. The van der Waals surface area contributed by atoms with E-state index >= 15 is 0 Å². The predicted molar refractivity (Wildman–Crippen MR) is 128 cm³/mol. The molecule has 0 saturated carbocycles. The van der Waals surface area contributed by atoms with E-state index < -0.39 is 30.1 Å². The number of carboxylic acid groups (broad SMARTS) is 1. The predicted octanol–water partition coefficient (Wildman–Crippen LogP) is 2.78. The van der Waals surface area contributed by atoms with E-state index in [-0.39, 0.29) is 16.6 Å². The highest BCUT2D eigenvalue weighted by Crippen LogP contribution is 2.50. The van der Waals surface area contributed by atoms with Crippen LogP contribution in [0.25, 0.3) is 0 Å². The van der Waals surface area contributed by atoms with Gasteiger partial charge in [-0.1, -0.05) is 30.3 Å². The van der Waals surface area contributed by atoms with Crippen molar-refractivity contribution in [2.45, 2.75) is 61.7 Å². The number of hydrogen-bond donors (Lipinski definition) is 2. The normalized spacial score (nSPS) is 21.8. The maximum absolute atomic E-state index is 13.3. The number of likely N-dealkylation sites (tertiary alicyclic amines) is 1.